The first-order chi connectivity index (χ1) is 19.6. The van der Waals surface area contributed by atoms with Gasteiger partial charge in [0, 0.05) is 25.8 Å². The van der Waals surface area contributed by atoms with Crippen LogP contribution in [0, 0.1) is 25.7 Å². The Morgan fingerprint density at radius 2 is 1.59 bits per heavy atom. The zero-order valence-corrected chi connectivity index (χ0v) is 24.0. The number of carbonyl (C=O) groups is 3. The summed E-state index contributed by atoms with van der Waals surface area (Å²) in [5, 5.41) is 10.7. The molecule has 41 heavy (non-hydrogen) atoms. The van der Waals surface area contributed by atoms with Crippen LogP contribution in [0.2, 0.25) is 0 Å². The Morgan fingerprint density at radius 3 is 2.27 bits per heavy atom. The number of likely N-dealkylation sites (N-methyl/N-ethyl adjacent to an activating group) is 1. The van der Waals surface area contributed by atoms with Crippen LogP contribution in [0.1, 0.15) is 23.6 Å². The van der Waals surface area contributed by atoms with Crippen molar-refractivity contribution in [1.82, 2.24) is 9.80 Å². The lowest BCUT2D eigenvalue weighted by molar-refractivity contribution is -0.150. The van der Waals surface area contributed by atoms with Crippen molar-refractivity contribution in [3.63, 3.8) is 0 Å². The molecule has 2 fully saturated rings. The number of likely N-dealkylation sites (tertiary alicyclic amines) is 1. The molecule has 214 valence electrons. The lowest BCUT2D eigenvalue weighted by Gasteiger charge is -2.40. The highest BCUT2D eigenvalue weighted by molar-refractivity contribution is 6.06. The minimum absolute atomic E-state index is 0.186. The molecule has 8 nitrogen and oxygen atoms in total. The van der Waals surface area contributed by atoms with E-state index in [-0.39, 0.29) is 24.3 Å². The van der Waals surface area contributed by atoms with E-state index in [2.05, 4.69) is 0 Å². The Morgan fingerprint density at radius 1 is 0.902 bits per heavy atom. The monoisotopic (exact) mass is 555 g/mol. The maximum absolute atomic E-state index is 14.8. The predicted octanol–water partition coefficient (Wildman–Crippen LogP) is 2.81. The SMILES string of the molecule is Cc1cccc(C)c1N1CC=C[C@]23O[C@]4(C)C=CCN(C)C(=O)[C@@H]4[C@H]2C(=O)N([C@@H](CO)Cc2ccccc2)C3C1=O. The van der Waals surface area contributed by atoms with Gasteiger partial charge in [0.2, 0.25) is 11.8 Å². The zero-order chi connectivity index (χ0) is 29.1. The number of benzene rings is 2. The van der Waals surface area contributed by atoms with Crippen LogP contribution >= 0.6 is 0 Å². The van der Waals surface area contributed by atoms with Gasteiger partial charge < -0.3 is 24.5 Å². The van der Waals surface area contributed by atoms with Crippen LogP contribution in [-0.4, -0.2) is 82.7 Å². The molecular weight excluding hydrogens is 518 g/mol. The molecule has 0 aromatic heterocycles. The third-order valence-corrected chi connectivity index (χ3v) is 9.32. The van der Waals surface area contributed by atoms with Gasteiger partial charge in [0.05, 0.1) is 30.1 Å². The molecule has 4 aliphatic heterocycles. The number of para-hydroxylation sites is 1. The van der Waals surface area contributed by atoms with E-state index < -0.39 is 35.1 Å². The smallest absolute Gasteiger partial charge is 0.253 e. The van der Waals surface area contributed by atoms with Gasteiger partial charge in [0.1, 0.15) is 11.6 Å². The highest BCUT2D eigenvalue weighted by atomic mass is 16.5. The number of nitrogens with zero attached hydrogens (tertiary/aromatic N) is 3. The summed E-state index contributed by atoms with van der Waals surface area (Å²) < 4.78 is 6.89. The van der Waals surface area contributed by atoms with Crippen LogP contribution in [-0.2, 0) is 25.5 Å². The fraction of sp³-hybridized carbons (Fsp3) is 0.424. The zero-order valence-electron chi connectivity index (χ0n) is 24.0. The van der Waals surface area contributed by atoms with Gasteiger partial charge in [-0.3, -0.25) is 14.4 Å². The summed E-state index contributed by atoms with van der Waals surface area (Å²) in [6, 6.07) is 13.8. The van der Waals surface area contributed by atoms with E-state index in [4.69, 9.17) is 4.74 Å². The Kier molecular flexibility index (Phi) is 6.66. The average molecular weight is 556 g/mol. The molecule has 2 saturated heterocycles. The van der Waals surface area contributed by atoms with E-state index in [1.807, 2.05) is 93.6 Å². The van der Waals surface area contributed by atoms with Crippen molar-refractivity contribution in [1.29, 1.82) is 0 Å². The molecule has 1 N–H and O–H groups in total. The van der Waals surface area contributed by atoms with Crippen molar-refractivity contribution in [2.24, 2.45) is 11.8 Å². The highest BCUT2D eigenvalue weighted by Gasteiger charge is 2.75. The number of fused-ring (bicyclic) bond motifs is 2. The van der Waals surface area contributed by atoms with E-state index in [1.165, 1.54) is 4.90 Å². The van der Waals surface area contributed by atoms with E-state index in [9.17, 15) is 19.5 Å². The standard InChI is InChI=1S/C33H37N3O5/c1-21-11-8-12-22(2)27(21)35-18-10-16-33-26(25-29(38)34(4)17-9-15-32(25,3)41-33)30(39)36(28(33)31(35)40)24(20-37)19-23-13-6-5-7-14-23/h5-16,24-26,28,37H,17-20H2,1-4H3/t24-,25+,26+,28?,32-,33+/m1/s1. The molecule has 0 aliphatic carbocycles. The van der Waals surface area contributed by atoms with Gasteiger partial charge in [0.15, 0.2) is 0 Å². The molecule has 8 heteroatoms. The van der Waals surface area contributed by atoms with Crippen molar-refractivity contribution in [2.75, 3.05) is 31.6 Å². The molecule has 2 aromatic rings. The number of aliphatic hydroxyl groups is 1. The first-order valence-electron chi connectivity index (χ1n) is 14.3. The number of aliphatic hydroxyl groups excluding tert-OH is 1. The van der Waals surface area contributed by atoms with Gasteiger partial charge in [-0.1, -0.05) is 72.8 Å². The molecule has 4 aliphatic rings. The summed E-state index contributed by atoms with van der Waals surface area (Å²) in [7, 11) is 1.72. The van der Waals surface area contributed by atoms with Crippen molar-refractivity contribution in [3.05, 3.63) is 89.5 Å². The lowest BCUT2D eigenvalue weighted by atomic mass is 9.74. The molecule has 0 radical (unpaired) electrons. The molecule has 6 rings (SSSR count). The number of rotatable bonds is 5. The number of ether oxygens (including phenoxy) is 1. The average Bonchev–Trinajstić information content (AvgIpc) is 3.23. The summed E-state index contributed by atoms with van der Waals surface area (Å²) in [5.74, 6) is -2.53. The molecule has 3 amide bonds. The van der Waals surface area contributed by atoms with Gasteiger partial charge in [-0.2, -0.15) is 0 Å². The maximum Gasteiger partial charge on any atom is 0.253 e. The fourth-order valence-corrected chi connectivity index (χ4v) is 7.55. The second-order valence-electron chi connectivity index (χ2n) is 12.0. The summed E-state index contributed by atoms with van der Waals surface area (Å²) in [5.41, 5.74) is 1.19. The van der Waals surface area contributed by atoms with Gasteiger partial charge in [-0.15, -0.1) is 0 Å². The number of hydrogen-bond donors (Lipinski definition) is 1. The van der Waals surface area contributed by atoms with Gasteiger partial charge in [-0.05, 0) is 43.9 Å². The van der Waals surface area contributed by atoms with Gasteiger partial charge in [0.25, 0.3) is 5.91 Å². The quantitative estimate of drug-likeness (QED) is 0.574. The van der Waals surface area contributed by atoms with Gasteiger partial charge in [-0.25, -0.2) is 0 Å². The minimum Gasteiger partial charge on any atom is -0.394 e. The van der Waals surface area contributed by atoms with Crippen molar-refractivity contribution < 1.29 is 24.2 Å². The molecule has 4 heterocycles. The van der Waals surface area contributed by atoms with Crippen LogP contribution in [0.4, 0.5) is 5.69 Å². The second kappa shape index (κ2) is 9.96. The number of aryl methyl sites for hydroxylation is 2. The molecule has 0 saturated carbocycles. The molecule has 1 unspecified atom stereocenters. The van der Waals surface area contributed by atoms with Crippen molar-refractivity contribution in [2.45, 2.75) is 50.5 Å². The van der Waals surface area contributed by atoms with E-state index >= 15 is 0 Å². The Labute approximate surface area is 240 Å². The first kappa shape index (κ1) is 27.4. The Balaban J connectivity index is 1.53. The van der Waals surface area contributed by atoms with Crippen molar-refractivity contribution >= 4 is 23.4 Å². The van der Waals surface area contributed by atoms with Crippen LogP contribution in [0.3, 0.4) is 0 Å². The van der Waals surface area contributed by atoms with Crippen LogP contribution in [0.15, 0.2) is 72.8 Å². The highest BCUT2D eigenvalue weighted by Crippen LogP contribution is 2.58. The largest absolute Gasteiger partial charge is 0.394 e. The lowest BCUT2D eigenvalue weighted by Crippen LogP contribution is -2.59. The van der Waals surface area contributed by atoms with E-state index in [1.54, 1.807) is 16.8 Å². The van der Waals surface area contributed by atoms with Gasteiger partial charge >= 0.3 is 0 Å². The third kappa shape index (κ3) is 4.07. The number of amides is 3. The molecule has 1 spiro atoms. The first-order valence-corrected chi connectivity index (χ1v) is 14.3. The Bertz CT molecular complexity index is 1430. The molecule has 2 aromatic carbocycles. The third-order valence-electron chi connectivity index (χ3n) is 9.32. The molecule has 6 atom stereocenters. The van der Waals surface area contributed by atoms with Crippen molar-refractivity contribution in [3.8, 4) is 0 Å². The molecular formula is C33H37N3O5. The summed E-state index contributed by atoms with van der Waals surface area (Å²) in [6.07, 6.45) is 7.87. The Hall–Kier alpha value is -3.75. The summed E-state index contributed by atoms with van der Waals surface area (Å²) in [6.45, 7) is 6.16. The number of hydrogen-bond acceptors (Lipinski definition) is 5. The molecule has 0 bridgehead atoms. The van der Waals surface area contributed by atoms with Crippen LogP contribution in [0.25, 0.3) is 0 Å². The normalized spacial score (nSPS) is 31.6. The van der Waals surface area contributed by atoms with E-state index in [0.29, 0.717) is 19.5 Å². The minimum atomic E-state index is -1.37. The van der Waals surface area contributed by atoms with Crippen LogP contribution in [0.5, 0.6) is 0 Å². The number of carbonyl (C=O) groups excluding carboxylic acids is 3. The van der Waals surface area contributed by atoms with E-state index in [0.717, 1.165) is 22.4 Å². The fourth-order valence-electron chi connectivity index (χ4n) is 7.55. The second-order valence-corrected chi connectivity index (χ2v) is 12.0. The summed E-state index contributed by atoms with van der Waals surface area (Å²) >= 11 is 0. The number of anilines is 1. The summed E-state index contributed by atoms with van der Waals surface area (Å²) in [4.78, 5) is 48.2. The topological polar surface area (TPSA) is 90.4 Å². The van der Waals surface area contributed by atoms with Crippen LogP contribution < -0.4 is 4.90 Å². The predicted molar refractivity (Wildman–Crippen MR) is 155 cm³/mol. The maximum atomic E-state index is 14.8.